The number of hydrogen-bond acceptors (Lipinski definition) is 5. The van der Waals surface area contributed by atoms with Crippen LogP contribution in [0.2, 0.25) is 0 Å². The van der Waals surface area contributed by atoms with Gasteiger partial charge in [-0.15, -0.1) is 0 Å². The first-order chi connectivity index (χ1) is 8.13. The molecule has 0 aliphatic rings. The van der Waals surface area contributed by atoms with Gasteiger partial charge in [0.2, 0.25) is 11.7 Å². The van der Waals surface area contributed by atoms with Gasteiger partial charge in [0.25, 0.3) is 0 Å². The monoisotopic (exact) mass is 233 g/mol. The molecule has 0 aliphatic carbocycles. The van der Waals surface area contributed by atoms with Crippen molar-refractivity contribution in [3.05, 3.63) is 23.8 Å². The Bertz CT molecular complexity index is 471. The number of ether oxygens (including phenoxy) is 1. The van der Waals surface area contributed by atoms with Crippen molar-refractivity contribution in [2.45, 2.75) is 6.92 Å². The van der Waals surface area contributed by atoms with E-state index in [1.54, 1.807) is 0 Å². The molecule has 0 aromatic carbocycles. The average Bonchev–Trinajstić information content (AvgIpc) is 2.34. The van der Waals surface area contributed by atoms with E-state index in [-0.39, 0.29) is 18.3 Å². The van der Waals surface area contributed by atoms with Crippen LogP contribution >= 0.6 is 0 Å². The first kappa shape index (κ1) is 12.6. The van der Waals surface area contributed by atoms with Gasteiger partial charge in [-0.25, -0.2) is 14.8 Å². The molecule has 6 nitrogen and oxygen atoms in total. The van der Waals surface area contributed by atoms with Crippen LogP contribution in [0, 0.1) is 11.8 Å². The van der Waals surface area contributed by atoms with Gasteiger partial charge in [0.15, 0.2) is 0 Å². The van der Waals surface area contributed by atoms with Gasteiger partial charge in [0.1, 0.15) is 0 Å². The number of esters is 1. The third kappa shape index (κ3) is 4.30. The predicted octanol–water partition coefficient (Wildman–Crippen LogP) is -0.249. The van der Waals surface area contributed by atoms with Crippen molar-refractivity contribution in [2.24, 2.45) is 0 Å². The normalized spacial score (nSPS) is 8.82. The number of aromatic nitrogens is 2. The SMILES string of the molecule is COC(=O)c1ncc(C#CCNC(C)=O)cn1. The summed E-state index contributed by atoms with van der Waals surface area (Å²) in [6.45, 7) is 1.67. The standard InChI is InChI=1S/C11H11N3O3/c1-8(15)12-5-3-4-9-6-13-10(14-7-9)11(16)17-2/h6-7H,5H2,1-2H3,(H,12,15). The van der Waals surface area contributed by atoms with E-state index < -0.39 is 5.97 Å². The van der Waals surface area contributed by atoms with Crippen molar-refractivity contribution in [1.82, 2.24) is 15.3 Å². The van der Waals surface area contributed by atoms with Crippen LogP contribution in [0.3, 0.4) is 0 Å². The highest BCUT2D eigenvalue weighted by Crippen LogP contribution is 1.95. The molecule has 0 saturated heterocycles. The number of rotatable bonds is 2. The van der Waals surface area contributed by atoms with Gasteiger partial charge >= 0.3 is 5.97 Å². The maximum Gasteiger partial charge on any atom is 0.376 e. The summed E-state index contributed by atoms with van der Waals surface area (Å²) in [5.74, 6) is 4.71. The van der Waals surface area contributed by atoms with Crippen LogP contribution in [0.15, 0.2) is 12.4 Å². The zero-order valence-corrected chi connectivity index (χ0v) is 9.48. The summed E-state index contributed by atoms with van der Waals surface area (Å²) >= 11 is 0. The minimum atomic E-state index is -0.595. The van der Waals surface area contributed by atoms with E-state index in [0.29, 0.717) is 5.56 Å². The van der Waals surface area contributed by atoms with Crippen LogP contribution in [-0.2, 0) is 9.53 Å². The molecule has 0 unspecified atom stereocenters. The fourth-order valence-electron chi connectivity index (χ4n) is 0.904. The molecule has 6 heteroatoms. The summed E-state index contributed by atoms with van der Waals surface area (Å²) < 4.78 is 4.45. The second kappa shape index (κ2) is 6.23. The van der Waals surface area contributed by atoms with Gasteiger partial charge in [-0.3, -0.25) is 4.79 Å². The molecule has 0 bridgehead atoms. The fourth-order valence-corrected chi connectivity index (χ4v) is 0.904. The highest BCUT2D eigenvalue weighted by atomic mass is 16.5. The first-order valence-corrected chi connectivity index (χ1v) is 4.77. The minimum absolute atomic E-state index is 0.0140. The Balaban J connectivity index is 2.62. The van der Waals surface area contributed by atoms with Crippen molar-refractivity contribution in [2.75, 3.05) is 13.7 Å². The van der Waals surface area contributed by atoms with Crippen molar-refractivity contribution in [3.8, 4) is 11.8 Å². The molecule has 0 radical (unpaired) electrons. The summed E-state index contributed by atoms with van der Waals surface area (Å²) in [6.07, 6.45) is 2.83. The van der Waals surface area contributed by atoms with Crippen LogP contribution in [0.5, 0.6) is 0 Å². The van der Waals surface area contributed by atoms with Gasteiger partial charge in [0.05, 0.1) is 19.2 Å². The number of amides is 1. The molecule has 0 atom stereocenters. The van der Waals surface area contributed by atoms with E-state index in [9.17, 15) is 9.59 Å². The lowest BCUT2D eigenvalue weighted by atomic mass is 10.3. The van der Waals surface area contributed by atoms with E-state index in [4.69, 9.17) is 0 Å². The van der Waals surface area contributed by atoms with Crippen LogP contribution in [0.25, 0.3) is 0 Å². The average molecular weight is 233 g/mol. The van der Waals surface area contributed by atoms with E-state index in [1.807, 2.05) is 0 Å². The number of carbonyl (C=O) groups excluding carboxylic acids is 2. The maximum atomic E-state index is 11.0. The second-order valence-electron chi connectivity index (χ2n) is 3.00. The molecular weight excluding hydrogens is 222 g/mol. The van der Waals surface area contributed by atoms with Crippen molar-refractivity contribution < 1.29 is 14.3 Å². The van der Waals surface area contributed by atoms with Crippen LogP contribution in [-0.4, -0.2) is 35.5 Å². The Kier molecular flexibility index (Phi) is 4.63. The first-order valence-electron chi connectivity index (χ1n) is 4.77. The molecule has 1 aromatic rings. The quantitative estimate of drug-likeness (QED) is 0.562. The number of nitrogens with one attached hydrogen (secondary N) is 1. The molecule has 0 spiro atoms. The minimum Gasteiger partial charge on any atom is -0.463 e. The van der Waals surface area contributed by atoms with E-state index >= 15 is 0 Å². The fraction of sp³-hybridized carbons (Fsp3) is 0.273. The zero-order chi connectivity index (χ0) is 12.7. The topological polar surface area (TPSA) is 81.2 Å². The summed E-state index contributed by atoms with van der Waals surface area (Å²) in [4.78, 5) is 29.2. The van der Waals surface area contributed by atoms with Crippen LogP contribution < -0.4 is 5.32 Å². The molecule has 1 rings (SSSR count). The molecule has 17 heavy (non-hydrogen) atoms. The number of methoxy groups -OCH3 is 1. The number of nitrogens with zero attached hydrogens (tertiary/aromatic N) is 2. The van der Waals surface area contributed by atoms with E-state index in [2.05, 4.69) is 31.9 Å². The molecular formula is C11H11N3O3. The number of carbonyl (C=O) groups is 2. The van der Waals surface area contributed by atoms with Gasteiger partial charge in [-0.05, 0) is 0 Å². The lowest BCUT2D eigenvalue weighted by Crippen LogP contribution is -2.19. The molecule has 0 aliphatic heterocycles. The lowest BCUT2D eigenvalue weighted by molar-refractivity contribution is -0.118. The third-order valence-electron chi connectivity index (χ3n) is 1.68. The van der Waals surface area contributed by atoms with Crippen LogP contribution in [0.4, 0.5) is 0 Å². The second-order valence-corrected chi connectivity index (χ2v) is 3.00. The number of hydrogen-bond donors (Lipinski definition) is 1. The third-order valence-corrected chi connectivity index (χ3v) is 1.68. The van der Waals surface area contributed by atoms with Crippen molar-refractivity contribution >= 4 is 11.9 Å². The Labute approximate surface area is 98.4 Å². The molecule has 1 aromatic heterocycles. The van der Waals surface area contributed by atoms with E-state index in [1.165, 1.54) is 26.4 Å². The zero-order valence-electron chi connectivity index (χ0n) is 9.48. The van der Waals surface area contributed by atoms with Crippen molar-refractivity contribution in [3.63, 3.8) is 0 Å². The van der Waals surface area contributed by atoms with Crippen molar-refractivity contribution in [1.29, 1.82) is 0 Å². The summed E-state index contributed by atoms with van der Waals surface area (Å²) in [5.41, 5.74) is 0.558. The van der Waals surface area contributed by atoms with Gasteiger partial charge in [0, 0.05) is 19.3 Å². The maximum absolute atomic E-state index is 11.0. The molecule has 1 N–H and O–H groups in total. The Morgan fingerprint density at radius 3 is 2.59 bits per heavy atom. The van der Waals surface area contributed by atoms with Gasteiger partial charge < -0.3 is 10.1 Å². The highest BCUT2D eigenvalue weighted by Gasteiger charge is 2.07. The Morgan fingerprint density at radius 2 is 2.06 bits per heavy atom. The Morgan fingerprint density at radius 1 is 1.41 bits per heavy atom. The van der Waals surface area contributed by atoms with Crippen LogP contribution in [0.1, 0.15) is 23.1 Å². The largest absolute Gasteiger partial charge is 0.463 e. The highest BCUT2D eigenvalue weighted by molar-refractivity contribution is 5.84. The smallest absolute Gasteiger partial charge is 0.376 e. The molecule has 1 amide bonds. The summed E-state index contributed by atoms with van der Waals surface area (Å²) in [6, 6.07) is 0. The predicted molar refractivity (Wildman–Crippen MR) is 58.9 cm³/mol. The molecule has 88 valence electrons. The summed E-state index contributed by atoms with van der Waals surface area (Å²) in [7, 11) is 1.26. The molecule has 1 heterocycles. The summed E-state index contributed by atoms with van der Waals surface area (Å²) in [5, 5.41) is 2.53. The van der Waals surface area contributed by atoms with Gasteiger partial charge in [-0.1, -0.05) is 11.8 Å². The van der Waals surface area contributed by atoms with E-state index in [0.717, 1.165) is 0 Å². The van der Waals surface area contributed by atoms with Gasteiger partial charge in [-0.2, -0.15) is 0 Å². The molecule has 0 saturated carbocycles. The molecule has 0 fully saturated rings. The Hall–Kier alpha value is -2.42. The lowest BCUT2D eigenvalue weighted by Gasteiger charge is -1.96.